The fourth-order valence-corrected chi connectivity index (χ4v) is 1.49. The van der Waals surface area contributed by atoms with Gasteiger partial charge in [-0.3, -0.25) is 4.79 Å². The molecule has 2 aromatic heterocycles. The Morgan fingerprint density at radius 3 is 3.00 bits per heavy atom. The molecule has 5 nitrogen and oxygen atoms in total. The summed E-state index contributed by atoms with van der Waals surface area (Å²) in [6.07, 6.45) is 1.55. The number of aryl methyl sites for hydroxylation is 1. The van der Waals surface area contributed by atoms with Gasteiger partial charge in [0.15, 0.2) is 0 Å². The highest BCUT2D eigenvalue weighted by atomic mass is 16.1. The van der Waals surface area contributed by atoms with Gasteiger partial charge in [0.2, 0.25) is 0 Å². The van der Waals surface area contributed by atoms with Crippen LogP contribution in [0.1, 0.15) is 17.0 Å². The van der Waals surface area contributed by atoms with Crippen molar-refractivity contribution in [3.63, 3.8) is 0 Å². The van der Waals surface area contributed by atoms with Crippen molar-refractivity contribution in [1.82, 2.24) is 14.8 Å². The highest BCUT2D eigenvalue weighted by Gasteiger charge is 2.05. The Labute approximate surface area is 98.0 Å². The predicted octanol–water partition coefficient (Wildman–Crippen LogP) is 0.867. The zero-order valence-corrected chi connectivity index (χ0v) is 9.29. The largest absolute Gasteiger partial charge is 0.268 e. The number of aromatic nitrogens is 3. The van der Waals surface area contributed by atoms with Crippen molar-refractivity contribution >= 4 is 0 Å². The monoisotopic (exact) mass is 226 g/mol. The topological polar surface area (TPSA) is 71.6 Å². The first-order chi connectivity index (χ1) is 8.20. The zero-order valence-electron chi connectivity index (χ0n) is 9.29. The second-order valence-corrected chi connectivity index (χ2v) is 3.59. The smallest absolute Gasteiger partial charge is 0.267 e. The Morgan fingerprint density at radius 1 is 1.41 bits per heavy atom. The van der Waals surface area contributed by atoms with Crippen LogP contribution in [0, 0.1) is 18.3 Å². The second-order valence-electron chi connectivity index (χ2n) is 3.59. The third kappa shape index (κ3) is 2.37. The van der Waals surface area contributed by atoms with E-state index in [0.717, 1.165) is 5.69 Å². The van der Waals surface area contributed by atoms with E-state index in [-0.39, 0.29) is 12.1 Å². The molecule has 0 aliphatic carbocycles. The van der Waals surface area contributed by atoms with E-state index in [1.807, 2.05) is 13.0 Å². The molecule has 0 aromatic carbocycles. The van der Waals surface area contributed by atoms with E-state index in [1.54, 1.807) is 24.4 Å². The molecule has 0 saturated heterocycles. The normalized spacial score (nSPS) is 9.88. The van der Waals surface area contributed by atoms with E-state index in [4.69, 9.17) is 5.26 Å². The standard InChI is InChI=1S/C12H10N4O/c1-9-4-5-12(17)16(15-9)8-10-3-2-6-14-11(10)7-13/h2-6H,8H2,1H3. The average molecular weight is 226 g/mol. The maximum Gasteiger partial charge on any atom is 0.267 e. The third-order valence-corrected chi connectivity index (χ3v) is 2.32. The summed E-state index contributed by atoms with van der Waals surface area (Å²) in [6, 6.07) is 8.62. The van der Waals surface area contributed by atoms with Crippen LogP contribution in [0.2, 0.25) is 0 Å². The van der Waals surface area contributed by atoms with E-state index < -0.39 is 0 Å². The highest BCUT2D eigenvalue weighted by molar-refractivity contribution is 5.30. The molecule has 0 unspecified atom stereocenters. The Hall–Kier alpha value is -2.48. The van der Waals surface area contributed by atoms with Crippen LogP contribution >= 0.6 is 0 Å². The van der Waals surface area contributed by atoms with Crippen molar-refractivity contribution in [2.45, 2.75) is 13.5 Å². The average Bonchev–Trinajstić information content (AvgIpc) is 2.34. The van der Waals surface area contributed by atoms with Crippen LogP contribution in [0.4, 0.5) is 0 Å². The number of nitriles is 1. The summed E-state index contributed by atoms with van der Waals surface area (Å²) in [6.45, 7) is 2.07. The van der Waals surface area contributed by atoms with Gasteiger partial charge in [-0.2, -0.15) is 10.4 Å². The SMILES string of the molecule is Cc1ccc(=O)n(Cc2cccnc2C#N)n1. The van der Waals surface area contributed by atoms with E-state index in [0.29, 0.717) is 11.3 Å². The highest BCUT2D eigenvalue weighted by Crippen LogP contribution is 2.04. The van der Waals surface area contributed by atoms with E-state index in [9.17, 15) is 4.79 Å². The van der Waals surface area contributed by atoms with Gasteiger partial charge in [-0.1, -0.05) is 6.07 Å². The van der Waals surface area contributed by atoms with Crippen LogP contribution in [0.15, 0.2) is 35.3 Å². The van der Waals surface area contributed by atoms with Crippen LogP contribution in [-0.4, -0.2) is 14.8 Å². The first-order valence-corrected chi connectivity index (χ1v) is 5.09. The van der Waals surface area contributed by atoms with Gasteiger partial charge in [0.25, 0.3) is 5.56 Å². The molecular weight excluding hydrogens is 216 g/mol. The lowest BCUT2D eigenvalue weighted by Gasteiger charge is -2.05. The molecule has 2 aromatic rings. The molecule has 84 valence electrons. The van der Waals surface area contributed by atoms with Gasteiger partial charge in [-0.15, -0.1) is 0 Å². The van der Waals surface area contributed by atoms with Crippen molar-refractivity contribution in [2.75, 3.05) is 0 Å². The number of rotatable bonds is 2. The van der Waals surface area contributed by atoms with Crippen molar-refractivity contribution < 1.29 is 0 Å². The molecule has 0 saturated carbocycles. The zero-order chi connectivity index (χ0) is 12.3. The molecule has 0 atom stereocenters. The Morgan fingerprint density at radius 2 is 2.24 bits per heavy atom. The fraction of sp³-hybridized carbons (Fsp3) is 0.167. The summed E-state index contributed by atoms with van der Waals surface area (Å²) in [4.78, 5) is 15.5. The lowest BCUT2D eigenvalue weighted by Crippen LogP contribution is -2.23. The van der Waals surface area contributed by atoms with Gasteiger partial charge in [-0.25, -0.2) is 9.67 Å². The van der Waals surface area contributed by atoms with Crippen molar-refractivity contribution in [2.24, 2.45) is 0 Å². The molecule has 0 spiro atoms. The molecule has 0 N–H and O–H groups in total. The Balaban J connectivity index is 2.42. The van der Waals surface area contributed by atoms with Crippen molar-refractivity contribution in [3.05, 3.63) is 57.8 Å². The molecule has 2 heterocycles. The molecule has 0 amide bonds. The van der Waals surface area contributed by atoms with Gasteiger partial charge in [0.05, 0.1) is 12.2 Å². The summed E-state index contributed by atoms with van der Waals surface area (Å²) in [5.41, 5.74) is 1.58. The Bertz CT molecular complexity index is 639. The van der Waals surface area contributed by atoms with Crippen LogP contribution in [0.25, 0.3) is 0 Å². The summed E-state index contributed by atoms with van der Waals surface area (Å²) < 4.78 is 1.33. The summed E-state index contributed by atoms with van der Waals surface area (Å²) >= 11 is 0. The first kappa shape index (κ1) is 11.0. The van der Waals surface area contributed by atoms with E-state index in [1.165, 1.54) is 10.7 Å². The van der Waals surface area contributed by atoms with Crippen LogP contribution in [0.5, 0.6) is 0 Å². The summed E-state index contributed by atoms with van der Waals surface area (Å²) in [5.74, 6) is 0. The summed E-state index contributed by atoms with van der Waals surface area (Å²) in [7, 11) is 0. The van der Waals surface area contributed by atoms with Crippen molar-refractivity contribution in [3.8, 4) is 6.07 Å². The molecule has 0 fully saturated rings. The van der Waals surface area contributed by atoms with Crippen LogP contribution in [0.3, 0.4) is 0 Å². The quantitative estimate of drug-likeness (QED) is 0.761. The minimum Gasteiger partial charge on any atom is -0.268 e. The van der Waals surface area contributed by atoms with Gasteiger partial charge < -0.3 is 0 Å². The molecule has 17 heavy (non-hydrogen) atoms. The third-order valence-electron chi connectivity index (χ3n) is 2.32. The molecule has 0 radical (unpaired) electrons. The number of pyridine rings is 1. The maximum atomic E-state index is 11.6. The van der Waals surface area contributed by atoms with E-state index >= 15 is 0 Å². The fourth-order valence-electron chi connectivity index (χ4n) is 1.49. The number of nitrogens with zero attached hydrogens (tertiary/aromatic N) is 4. The molecule has 0 aliphatic heterocycles. The lowest BCUT2D eigenvalue weighted by molar-refractivity contribution is 0.626. The number of hydrogen-bond acceptors (Lipinski definition) is 4. The minimum atomic E-state index is -0.191. The van der Waals surface area contributed by atoms with Crippen LogP contribution < -0.4 is 5.56 Å². The molecular formula is C12H10N4O. The first-order valence-electron chi connectivity index (χ1n) is 5.09. The van der Waals surface area contributed by atoms with Gasteiger partial charge >= 0.3 is 0 Å². The predicted molar refractivity (Wildman–Crippen MR) is 61.3 cm³/mol. The molecule has 2 rings (SSSR count). The molecule has 0 aliphatic rings. The lowest BCUT2D eigenvalue weighted by atomic mass is 10.2. The maximum absolute atomic E-state index is 11.6. The number of hydrogen-bond donors (Lipinski definition) is 0. The second kappa shape index (κ2) is 4.58. The molecule has 5 heteroatoms. The van der Waals surface area contributed by atoms with Crippen LogP contribution in [-0.2, 0) is 6.54 Å². The van der Waals surface area contributed by atoms with Gasteiger partial charge in [0.1, 0.15) is 11.8 Å². The van der Waals surface area contributed by atoms with Gasteiger partial charge in [0, 0.05) is 17.8 Å². The van der Waals surface area contributed by atoms with Gasteiger partial charge in [-0.05, 0) is 19.1 Å². The molecule has 0 bridgehead atoms. The summed E-state index contributed by atoms with van der Waals surface area (Å²) in [5, 5.41) is 13.0. The van der Waals surface area contributed by atoms with E-state index in [2.05, 4.69) is 10.1 Å². The minimum absolute atomic E-state index is 0.191. The van der Waals surface area contributed by atoms with Crippen molar-refractivity contribution in [1.29, 1.82) is 5.26 Å². The Kier molecular flexibility index (Phi) is 2.97.